The van der Waals surface area contributed by atoms with Crippen LogP contribution in [-0.4, -0.2) is 15.9 Å². The van der Waals surface area contributed by atoms with Crippen LogP contribution in [0.5, 0.6) is 0 Å². The summed E-state index contributed by atoms with van der Waals surface area (Å²) in [7, 11) is 0. The molecule has 0 saturated heterocycles. The molecule has 0 radical (unpaired) electrons. The highest BCUT2D eigenvalue weighted by molar-refractivity contribution is 7.80. The van der Waals surface area contributed by atoms with Crippen LogP contribution in [0.25, 0.3) is 0 Å². The lowest BCUT2D eigenvalue weighted by atomic mass is 9.68. The first-order valence-electron chi connectivity index (χ1n) is 5.12. The molecule has 86 valence electrons. The molecule has 2 rings (SSSR count). The number of thiazole rings is 1. The molecule has 0 spiro atoms. The Kier molecular flexibility index (Phi) is 3.20. The minimum absolute atomic E-state index is 0.0542. The quantitative estimate of drug-likeness (QED) is 0.794. The molecule has 6 heteroatoms. The lowest BCUT2D eigenvalue weighted by Gasteiger charge is -2.38. The Balaban J connectivity index is 1.95. The van der Waals surface area contributed by atoms with E-state index in [-0.39, 0.29) is 5.91 Å². The smallest absolute Gasteiger partial charge is 0.233 e. The zero-order chi connectivity index (χ0) is 11.6. The number of amides is 1. The second-order valence-corrected chi connectivity index (χ2v) is 5.33. The molecule has 1 fully saturated rings. The summed E-state index contributed by atoms with van der Waals surface area (Å²) in [6.45, 7) is 0.459. The van der Waals surface area contributed by atoms with Crippen LogP contribution >= 0.6 is 23.6 Å². The molecule has 16 heavy (non-hydrogen) atoms. The van der Waals surface area contributed by atoms with Crippen LogP contribution in [0.2, 0.25) is 0 Å². The first-order chi connectivity index (χ1) is 7.65. The van der Waals surface area contributed by atoms with Crippen molar-refractivity contribution >= 4 is 34.5 Å². The summed E-state index contributed by atoms with van der Waals surface area (Å²) in [5.74, 6) is -0.0542. The maximum absolute atomic E-state index is 12.0. The third-order valence-electron chi connectivity index (χ3n) is 3.00. The van der Waals surface area contributed by atoms with Crippen molar-refractivity contribution in [2.75, 3.05) is 0 Å². The van der Waals surface area contributed by atoms with Crippen molar-refractivity contribution in [2.45, 2.75) is 25.8 Å². The van der Waals surface area contributed by atoms with E-state index in [2.05, 4.69) is 10.3 Å². The van der Waals surface area contributed by atoms with Gasteiger partial charge in [0.1, 0.15) is 5.01 Å². The Hall–Kier alpha value is -1.01. The highest BCUT2D eigenvalue weighted by Gasteiger charge is 2.46. The summed E-state index contributed by atoms with van der Waals surface area (Å²) in [6, 6.07) is 0. The Bertz CT molecular complexity index is 398. The summed E-state index contributed by atoms with van der Waals surface area (Å²) >= 11 is 6.49. The van der Waals surface area contributed by atoms with Gasteiger partial charge in [-0.1, -0.05) is 18.6 Å². The minimum atomic E-state index is -0.591. The van der Waals surface area contributed by atoms with E-state index in [1.54, 1.807) is 6.20 Å². The van der Waals surface area contributed by atoms with Gasteiger partial charge in [0.15, 0.2) is 0 Å². The fourth-order valence-electron chi connectivity index (χ4n) is 1.78. The van der Waals surface area contributed by atoms with Crippen LogP contribution in [-0.2, 0) is 11.3 Å². The van der Waals surface area contributed by atoms with Gasteiger partial charge in [0.05, 0.1) is 16.9 Å². The predicted molar refractivity (Wildman–Crippen MR) is 67.0 cm³/mol. The van der Waals surface area contributed by atoms with Crippen molar-refractivity contribution in [3.63, 3.8) is 0 Å². The van der Waals surface area contributed by atoms with Crippen molar-refractivity contribution in [1.82, 2.24) is 10.3 Å². The Morgan fingerprint density at radius 3 is 2.88 bits per heavy atom. The standard InChI is InChI=1S/C10H13N3OS2/c11-8(15)10(2-1-3-10)9(14)13-6-7-12-4-5-16-7/h4-5H,1-3,6H2,(H2,11,15)(H,13,14). The molecule has 1 aliphatic carbocycles. The van der Waals surface area contributed by atoms with Crippen LogP contribution < -0.4 is 11.1 Å². The summed E-state index contributed by atoms with van der Waals surface area (Å²) < 4.78 is 0. The van der Waals surface area contributed by atoms with Gasteiger partial charge in [0.2, 0.25) is 5.91 Å². The van der Waals surface area contributed by atoms with Crippen molar-refractivity contribution in [2.24, 2.45) is 11.1 Å². The van der Waals surface area contributed by atoms with E-state index in [1.165, 1.54) is 11.3 Å². The van der Waals surface area contributed by atoms with Gasteiger partial charge in [-0.15, -0.1) is 11.3 Å². The van der Waals surface area contributed by atoms with Gasteiger partial charge >= 0.3 is 0 Å². The predicted octanol–water partition coefficient (Wildman–Crippen LogP) is 1.22. The second kappa shape index (κ2) is 4.47. The number of nitrogens with two attached hydrogens (primary N) is 1. The Morgan fingerprint density at radius 1 is 1.69 bits per heavy atom. The van der Waals surface area contributed by atoms with Crippen molar-refractivity contribution < 1.29 is 4.79 Å². The number of hydrogen-bond donors (Lipinski definition) is 2. The number of rotatable bonds is 4. The highest BCUT2D eigenvalue weighted by atomic mass is 32.1. The SMILES string of the molecule is NC(=S)C1(C(=O)NCc2nccs2)CCC1. The third-order valence-corrected chi connectivity index (χ3v) is 4.17. The minimum Gasteiger partial charge on any atom is -0.392 e. The summed E-state index contributed by atoms with van der Waals surface area (Å²) in [6.07, 6.45) is 4.28. The second-order valence-electron chi connectivity index (χ2n) is 3.91. The lowest BCUT2D eigenvalue weighted by molar-refractivity contribution is -0.131. The van der Waals surface area contributed by atoms with E-state index in [4.69, 9.17) is 18.0 Å². The molecule has 1 aliphatic rings. The van der Waals surface area contributed by atoms with Gasteiger partial charge in [-0.05, 0) is 12.8 Å². The number of nitrogens with zero attached hydrogens (tertiary/aromatic N) is 1. The molecule has 3 N–H and O–H groups in total. The number of nitrogens with one attached hydrogen (secondary N) is 1. The van der Waals surface area contributed by atoms with E-state index in [0.717, 1.165) is 24.3 Å². The molecule has 0 aromatic carbocycles. The average molecular weight is 255 g/mol. The van der Waals surface area contributed by atoms with Crippen molar-refractivity contribution in [1.29, 1.82) is 0 Å². The molecule has 0 atom stereocenters. The maximum Gasteiger partial charge on any atom is 0.233 e. The number of hydrogen-bond acceptors (Lipinski definition) is 4. The molecule has 4 nitrogen and oxygen atoms in total. The topological polar surface area (TPSA) is 68.0 Å². The molecule has 0 bridgehead atoms. The van der Waals surface area contributed by atoms with Gasteiger partial charge in [-0.3, -0.25) is 4.79 Å². The largest absolute Gasteiger partial charge is 0.392 e. The van der Waals surface area contributed by atoms with E-state index in [9.17, 15) is 4.79 Å². The van der Waals surface area contributed by atoms with Crippen LogP contribution in [0.1, 0.15) is 24.3 Å². The fraction of sp³-hybridized carbons (Fsp3) is 0.500. The molecule has 1 aromatic rings. The van der Waals surface area contributed by atoms with Gasteiger partial charge in [0, 0.05) is 11.6 Å². The fourth-order valence-corrected chi connectivity index (χ4v) is 2.63. The molecule has 1 aromatic heterocycles. The molecule has 0 unspecified atom stereocenters. The molecule has 1 heterocycles. The first-order valence-corrected chi connectivity index (χ1v) is 6.40. The molecular weight excluding hydrogens is 242 g/mol. The zero-order valence-corrected chi connectivity index (χ0v) is 10.4. The van der Waals surface area contributed by atoms with Crippen molar-refractivity contribution in [3.05, 3.63) is 16.6 Å². The monoisotopic (exact) mass is 255 g/mol. The average Bonchev–Trinajstić information content (AvgIpc) is 2.64. The Labute approximate surface area is 103 Å². The molecule has 1 saturated carbocycles. The number of carbonyl (C=O) groups is 1. The van der Waals surface area contributed by atoms with Crippen LogP contribution in [0.3, 0.4) is 0 Å². The van der Waals surface area contributed by atoms with E-state index < -0.39 is 5.41 Å². The van der Waals surface area contributed by atoms with Gasteiger partial charge in [0.25, 0.3) is 0 Å². The van der Waals surface area contributed by atoms with Crippen LogP contribution in [0.4, 0.5) is 0 Å². The highest BCUT2D eigenvalue weighted by Crippen LogP contribution is 2.41. The normalized spacial score (nSPS) is 17.5. The molecule has 1 amide bonds. The first kappa shape index (κ1) is 11.5. The third kappa shape index (κ3) is 1.94. The number of aromatic nitrogens is 1. The summed E-state index contributed by atoms with van der Waals surface area (Å²) in [4.78, 5) is 16.4. The number of thiocarbonyl (C=S) groups is 1. The molecule has 0 aliphatic heterocycles. The van der Waals surface area contributed by atoms with Crippen LogP contribution in [0.15, 0.2) is 11.6 Å². The maximum atomic E-state index is 12.0. The number of carbonyl (C=O) groups excluding carboxylic acids is 1. The molecular formula is C10H13N3OS2. The van der Waals surface area contributed by atoms with E-state index >= 15 is 0 Å². The van der Waals surface area contributed by atoms with E-state index in [0.29, 0.717) is 11.5 Å². The van der Waals surface area contributed by atoms with Gasteiger partial charge in [-0.25, -0.2) is 4.98 Å². The summed E-state index contributed by atoms with van der Waals surface area (Å²) in [5.41, 5.74) is 5.05. The Morgan fingerprint density at radius 2 is 2.44 bits per heavy atom. The summed E-state index contributed by atoms with van der Waals surface area (Å²) in [5, 5.41) is 5.63. The van der Waals surface area contributed by atoms with Gasteiger partial charge in [-0.2, -0.15) is 0 Å². The van der Waals surface area contributed by atoms with Crippen LogP contribution in [0, 0.1) is 5.41 Å². The van der Waals surface area contributed by atoms with Gasteiger partial charge < -0.3 is 11.1 Å². The van der Waals surface area contributed by atoms with E-state index in [1.807, 2.05) is 5.38 Å². The van der Waals surface area contributed by atoms with Crippen molar-refractivity contribution in [3.8, 4) is 0 Å². The zero-order valence-electron chi connectivity index (χ0n) is 8.73. The lowest BCUT2D eigenvalue weighted by Crippen LogP contribution is -2.52.